The van der Waals surface area contributed by atoms with Crippen molar-refractivity contribution < 1.29 is 47.5 Å². The molecule has 236 valence electrons. The summed E-state index contributed by atoms with van der Waals surface area (Å²) in [5.74, 6) is -1.32. The molecular weight excluding hydrogens is 725 g/mol. The van der Waals surface area contributed by atoms with Gasteiger partial charge in [-0.15, -0.1) is 0 Å². The van der Waals surface area contributed by atoms with Gasteiger partial charge in [0.15, 0.2) is 0 Å². The molecule has 3 rings (SSSR count). The van der Waals surface area contributed by atoms with Crippen LogP contribution in [0.3, 0.4) is 0 Å². The van der Waals surface area contributed by atoms with E-state index in [4.69, 9.17) is 10.2 Å². The smallest absolute Gasteiger partial charge is 0.303 e. The van der Waals surface area contributed by atoms with Gasteiger partial charge in [0.1, 0.15) is 0 Å². The molecule has 0 saturated carbocycles. The molecule has 0 saturated heterocycles. The fraction of sp³-hybridized carbons (Fsp3) is 0.611. The van der Waals surface area contributed by atoms with Gasteiger partial charge in [-0.2, -0.15) is 0 Å². The molecule has 0 spiro atoms. The maximum Gasteiger partial charge on any atom is 0.303 e. The van der Waals surface area contributed by atoms with Crippen molar-refractivity contribution in [3.63, 3.8) is 0 Å². The Hall–Kier alpha value is -2.08. The fourth-order valence-electron chi connectivity index (χ4n) is 4.85. The molecule has 0 aliphatic heterocycles. The number of carboxylic acid groups (broad SMARTS) is 2. The molecule has 0 aliphatic rings. The van der Waals surface area contributed by atoms with E-state index in [2.05, 4.69) is 48.1 Å². The topological polar surface area (TPSA) is 100 Å². The van der Waals surface area contributed by atoms with E-state index in [1.54, 1.807) is 12.4 Å². The van der Waals surface area contributed by atoms with Crippen LogP contribution in [-0.2, 0) is 37.3 Å². The van der Waals surface area contributed by atoms with Gasteiger partial charge in [0, 0.05) is 63.7 Å². The third-order valence-electron chi connectivity index (χ3n) is 7.33. The second kappa shape index (κ2) is 28.7. The van der Waals surface area contributed by atoms with Crippen molar-refractivity contribution in [2.75, 3.05) is 0 Å². The minimum Gasteiger partial charge on any atom is -0.481 e. The molecule has 7 heteroatoms. The quantitative estimate of drug-likeness (QED) is 0.0673. The van der Waals surface area contributed by atoms with Crippen LogP contribution >= 0.6 is 0 Å². The first kappa shape index (κ1) is 40.9. The van der Waals surface area contributed by atoms with Gasteiger partial charge in [0.05, 0.1) is 11.0 Å². The molecule has 0 amide bonds. The number of carboxylic acids is 2. The van der Waals surface area contributed by atoms with Gasteiger partial charge in [0.25, 0.3) is 0 Å². The van der Waals surface area contributed by atoms with E-state index < -0.39 is 11.9 Å². The molecule has 0 unspecified atom stereocenters. The summed E-state index contributed by atoms with van der Waals surface area (Å²) in [6, 6.07) is 12.1. The number of aliphatic carboxylic acids is 2. The van der Waals surface area contributed by atoms with Gasteiger partial charge < -0.3 is 10.2 Å². The number of unbranched alkanes of at least 4 members (excludes halogenated alkanes) is 16. The molecule has 1 aromatic carbocycles. The predicted octanol–water partition coefficient (Wildman–Crippen LogP) is 10.8. The van der Waals surface area contributed by atoms with E-state index in [-0.39, 0.29) is 27.7 Å². The number of benzene rings is 1. The number of fused-ring (bicyclic) bond motifs is 3. The van der Waals surface area contributed by atoms with Crippen molar-refractivity contribution in [3.8, 4) is 0 Å². The van der Waals surface area contributed by atoms with Gasteiger partial charge in [-0.3, -0.25) is 19.6 Å². The van der Waals surface area contributed by atoms with Gasteiger partial charge in [0.2, 0.25) is 0 Å². The maximum atomic E-state index is 10.2. The van der Waals surface area contributed by atoms with E-state index in [0.29, 0.717) is 12.8 Å². The Morgan fingerprint density at radius 1 is 0.512 bits per heavy atom. The number of nitrogens with zero attached hydrogens (tertiary/aromatic N) is 2. The Bertz CT molecular complexity index is 1020. The van der Waals surface area contributed by atoms with Crippen LogP contribution < -0.4 is 0 Å². The van der Waals surface area contributed by atoms with Crippen molar-refractivity contribution in [2.24, 2.45) is 0 Å². The number of hydrogen-bond acceptors (Lipinski definition) is 4. The largest absolute Gasteiger partial charge is 0.481 e. The fourth-order valence-corrected chi connectivity index (χ4v) is 4.85. The summed E-state index contributed by atoms with van der Waals surface area (Å²) in [6.45, 7) is 4.46. The molecule has 6 nitrogen and oxygen atoms in total. The van der Waals surface area contributed by atoms with E-state index in [0.717, 1.165) is 47.5 Å². The Morgan fingerprint density at radius 3 is 1.12 bits per heavy atom. The minimum absolute atomic E-state index is 0. The Labute approximate surface area is 281 Å². The normalized spacial score (nSPS) is 10.3. The van der Waals surface area contributed by atoms with E-state index in [1.807, 2.05) is 12.1 Å². The molecule has 3 aromatic rings. The van der Waals surface area contributed by atoms with Crippen LogP contribution in [0, 0.1) is 0 Å². The van der Waals surface area contributed by atoms with Crippen molar-refractivity contribution in [2.45, 2.75) is 142 Å². The zero-order chi connectivity index (χ0) is 30.7. The zero-order valence-corrected chi connectivity index (χ0v) is 32.6. The monoisotopic (exact) mass is 782 g/mol. The summed E-state index contributed by atoms with van der Waals surface area (Å²) in [4.78, 5) is 29.1. The third kappa shape index (κ3) is 22.1. The summed E-state index contributed by atoms with van der Waals surface area (Å²) in [7, 11) is 0. The molecule has 0 radical (unpaired) electrons. The molecule has 2 N–H and O–H groups in total. The average molecular weight is 781 g/mol. The maximum absolute atomic E-state index is 10.2. The van der Waals surface area contributed by atoms with E-state index in [9.17, 15) is 9.59 Å². The van der Waals surface area contributed by atoms with Crippen LogP contribution in [0.4, 0.5) is 0 Å². The summed E-state index contributed by atoms with van der Waals surface area (Å²) in [5.41, 5.74) is 1.95. The summed E-state index contributed by atoms with van der Waals surface area (Å²) < 4.78 is 0. The summed E-state index contributed by atoms with van der Waals surface area (Å²) in [5, 5.41) is 19.1. The van der Waals surface area contributed by atoms with Crippen LogP contribution in [0.2, 0.25) is 0 Å². The SMILES string of the molecule is CCCCCCCCCCCC(=O)O.CCCCCCCCCCCC(=O)O.[Hg].c1cnc2c(c1)ccc1cccnc12. The number of rotatable bonds is 20. The van der Waals surface area contributed by atoms with Gasteiger partial charge >= 0.3 is 11.9 Å². The predicted molar refractivity (Wildman–Crippen MR) is 176 cm³/mol. The standard InChI is InChI=1S/C12H8N2.2C12H24O2.Hg/c1-3-9-5-6-10-4-2-8-14-12(10)11(9)13-7-1;2*1-2-3-4-5-6-7-8-9-10-11-12(13)14;/h1-8H;2*2-11H2,1H3,(H,13,14);. The van der Waals surface area contributed by atoms with Crippen LogP contribution in [0.5, 0.6) is 0 Å². The molecular formula is C36H56HgN2O4. The summed E-state index contributed by atoms with van der Waals surface area (Å²) in [6.07, 6.45) is 26.6. The average Bonchev–Trinajstić information content (AvgIpc) is 3.00. The molecule has 0 atom stereocenters. The second-order valence-electron chi connectivity index (χ2n) is 11.2. The summed E-state index contributed by atoms with van der Waals surface area (Å²) >= 11 is 0. The van der Waals surface area contributed by atoms with E-state index in [1.165, 1.54) is 89.9 Å². The number of pyridine rings is 2. The van der Waals surface area contributed by atoms with Crippen LogP contribution in [-0.4, -0.2) is 32.1 Å². The second-order valence-corrected chi connectivity index (χ2v) is 11.2. The van der Waals surface area contributed by atoms with Crippen LogP contribution in [0.1, 0.15) is 142 Å². The first-order chi connectivity index (χ1) is 20.5. The minimum atomic E-state index is -0.659. The van der Waals surface area contributed by atoms with Gasteiger partial charge in [-0.25, -0.2) is 0 Å². The van der Waals surface area contributed by atoms with Crippen molar-refractivity contribution in [1.29, 1.82) is 0 Å². The molecule has 2 aromatic heterocycles. The number of aromatic nitrogens is 2. The third-order valence-corrected chi connectivity index (χ3v) is 7.33. The Morgan fingerprint density at radius 2 is 0.814 bits per heavy atom. The van der Waals surface area contributed by atoms with Crippen molar-refractivity contribution >= 4 is 33.7 Å². The Balaban J connectivity index is 0.000000608. The van der Waals surface area contributed by atoms with Gasteiger partial charge in [-0.05, 0) is 25.0 Å². The first-order valence-corrected chi connectivity index (χ1v) is 16.5. The van der Waals surface area contributed by atoms with Crippen molar-refractivity contribution in [1.82, 2.24) is 9.97 Å². The van der Waals surface area contributed by atoms with Crippen molar-refractivity contribution in [3.05, 3.63) is 48.8 Å². The molecule has 0 fully saturated rings. The molecule has 2 heterocycles. The zero-order valence-electron chi connectivity index (χ0n) is 27.1. The first-order valence-electron chi connectivity index (χ1n) is 16.5. The molecule has 0 aliphatic carbocycles. The van der Waals surface area contributed by atoms with Gasteiger partial charge in [-0.1, -0.05) is 141 Å². The molecule has 43 heavy (non-hydrogen) atoms. The van der Waals surface area contributed by atoms with Crippen LogP contribution in [0.15, 0.2) is 48.8 Å². The Kier molecular flexibility index (Phi) is 27.3. The van der Waals surface area contributed by atoms with Crippen LogP contribution in [0.25, 0.3) is 21.8 Å². The van der Waals surface area contributed by atoms with E-state index >= 15 is 0 Å². The number of carbonyl (C=O) groups is 2. The number of hydrogen-bond donors (Lipinski definition) is 2. The molecule has 0 bridgehead atoms.